The van der Waals surface area contributed by atoms with Crippen molar-refractivity contribution in [2.45, 2.75) is 66.2 Å². The van der Waals surface area contributed by atoms with Crippen LogP contribution in [0.5, 0.6) is 0 Å². The van der Waals surface area contributed by atoms with Crippen LogP contribution in [0, 0.1) is 19.8 Å². The largest absolute Gasteiger partial charge is 0.356 e. The van der Waals surface area contributed by atoms with Gasteiger partial charge in [-0.05, 0) is 40.0 Å². The molecule has 0 radical (unpaired) electrons. The van der Waals surface area contributed by atoms with E-state index in [1.54, 1.807) is 0 Å². The molecule has 1 N–H and O–H groups in total. The number of amides is 2. The van der Waals surface area contributed by atoms with Gasteiger partial charge in [-0.25, -0.2) is 9.97 Å². The number of hydrogen-bond donors (Lipinski definition) is 1. The summed E-state index contributed by atoms with van der Waals surface area (Å²) in [7, 11) is 0. The Morgan fingerprint density at radius 1 is 1.15 bits per heavy atom. The summed E-state index contributed by atoms with van der Waals surface area (Å²) in [5, 5.41) is 2.82. The van der Waals surface area contributed by atoms with Gasteiger partial charge in [0.25, 0.3) is 0 Å². The Hall–Kier alpha value is -1.98. The van der Waals surface area contributed by atoms with E-state index in [4.69, 9.17) is 0 Å². The minimum absolute atomic E-state index is 0.00198. The van der Waals surface area contributed by atoms with Crippen molar-refractivity contribution in [3.63, 3.8) is 0 Å². The molecule has 6 heteroatoms. The van der Waals surface area contributed by atoms with Crippen LogP contribution < -0.4 is 5.32 Å². The zero-order chi connectivity index (χ0) is 19.3. The highest BCUT2D eigenvalue weighted by Crippen LogP contribution is 2.28. The van der Waals surface area contributed by atoms with Crippen molar-refractivity contribution in [3.05, 3.63) is 22.8 Å². The molecule has 1 fully saturated rings. The molecule has 6 nitrogen and oxygen atoms in total. The molecule has 1 aromatic heterocycles. The van der Waals surface area contributed by atoms with Crippen molar-refractivity contribution >= 4 is 11.8 Å². The second-order valence-corrected chi connectivity index (χ2v) is 7.14. The lowest BCUT2D eigenvalue weighted by Crippen LogP contribution is -2.34. The van der Waals surface area contributed by atoms with Gasteiger partial charge in [-0.15, -0.1) is 0 Å². The van der Waals surface area contributed by atoms with Gasteiger partial charge in [-0.1, -0.05) is 13.8 Å². The minimum Gasteiger partial charge on any atom is -0.356 e. The number of nitrogens with zero attached hydrogens (tertiary/aromatic N) is 3. The molecule has 1 unspecified atom stereocenters. The maximum absolute atomic E-state index is 12.6. The van der Waals surface area contributed by atoms with Crippen LogP contribution in [0.15, 0.2) is 0 Å². The van der Waals surface area contributed by atoms with E-state index in [0.717, 1.165) is 48.6 Å². The van der Waals surface area contributed by atoms with Crippen LogP contribution in [0.4, 0.5) is 0 Å². The molecule has 144 valence electrons. The van der Waals surface area contributed by atoms with E-state index < -0.39 is 0 Å². The second kappa shape index (κ2) is 9.10. The minimum atomic E-state index is -0.00198. The van der Waals surface area contributed by atoms with Crippen LogP contribution >= 0.6 is 0 Å². The molecule has 1 aromatic rings. The highest BCUT2D eigenvalue weighted by Gasteiger charge is 2.32. The Kier molecular flexibility index (Phi) is 7.12. The molecule has 1 aliphatic heterocycles. The van der Waals surface area contributed by atoms with Crippen LogP contribution in [0.25, 0.3) is 0 Å². The first-order valence-electron chi connectivity index (χ1n) is 9.80. The molecule has 1 aliphatic rings. The van der Waals surface area contributed by atoms with E-state index in [1.165, 1.54) is 0 Å². The van der Waals surface area contributed by atoms with E-state index in [0.29, 0.717) is 19.5 Å². The molecule has 0 aliphatic carbocycles. The van der Waals surface area contributed by atoms with Crippen LogP contribution in [-0.4, -0.2) is 46.3 Å². The molecule has 1 atom stereocenters. The van der Waals surface area contributed by atoms with E-state index in [2.05, 4.69) is 29.1 Å². The zero-order valence-corrected chi connectivity index (χ0v) is 16.8. The molecular formula is C20H32N4O2. The Balaban J connectivity index is 2.11. The van der Waals surface area contributed by atoms with Gasteiger partial charge in [0.15, 0.2) is 0 Å². The quantitative estimate of drug-likeness (QED) is 0.811. The summed E-state index contributed by atoms with van der Waals surface area (Å²) < 4.78 is 0. The van der Waals surface area contributed by atoms with Crippen LogP contribution in [0.1, 0.15) is 68.7 Å². The Labute approximate surface area is 156 Å². The van der Waals surface area contributed by atoms with Gasteiger partial charge in [-0.2, -0.15) is 0 Å². The first kappa shape index (κ1) is 20.3. The fraction of sp³-hybridized carbons (Fsp3) is 0.700. The molecular weight excluding hydrogens is 328 g/mol. The number of likely N-dealkylation sites (N-methyl/N-ethyl adjacent to an activating group) is 1. The predicted molar refractivity (Wildman–Crippen MR) is 102 cm³/mol. The molecule has 26 heavy (non-hydrogen) atoms. The smallest absolute Gasteiger partial charge is 0.225 e. The fourth-order valence-corrected chi connectivity index (χ4v) is 3.69. The lowest BCUT2D eigenvalue weighted by Gasteiger charge is -2.22. The van der Waals surface area contributed by atoms with E-state index in [-0.39, 0.29) is 23.7 Å². The van der Waals surface area contributed by atoms with E-state index >= 15 is 0 Å². The van der Waals surface area contributed by atoms with Gasteiger partial charge in [-0.3, -0.25) is 9.59 Å². The third-order valence-corrected chi connectivity index (χ3v) is 5.35. The average Bonchev–Trinajstić information content (AvgIpc) is 3.09. The molecule has 0 aromatic carbocycles. The topological polar surface area (TPSA) is 75.2 Å². The van der Waals surface area contributed by atoms with Crippen molar-refractivity contribution in [2.75, 3.05) is 19.6 Å². The van der Waals surface area contributed by atoms with Crippen molar-refractivity contribution in [1.29, 1.82) is 0 Å². The summed E-state index contributed by atoms with van der Waals surface area (Å²) in [5.41, 5.74) is 2.63. The van der Waals surface area contributed by atoms with Gasteiger partial charge in [0.2, 0.25) is 11.8 Å². The number of carbonyl (C=O) groups is 2. The highest BCUT2D eigenvalue weighted by atomic mass is 16.2. The Bertz CT molecular complexity index is 632. The second-order valence-electron chi connectivity index (χ2n) is 7.14. The van der Waals surface area contributed by atoms with E-state index in [1.807, 2.05) is 25.7 Å². The summed E-state index contributed by atoms with van der Waals surface area (Å²) in [6.07, 6.45) is 3.00. The number of aryl methyl sites for hydroxylation is 2. The maximum Gasteiger partial charge on any atom is 0.225 e. The maximum atomic E-state index is 12.6. The van der Waals surface area contributed by atoms with Crippen LogP contribution in [0.3, 0.4) is 0 Å². The highest BCUT2D eigenvalue weighted by molar-refractivity contribution is 5.79. The lowest BCUT2D eigenvalue weighted by atomic mass is 10.0. The summed E-state index contributed by atoms with van der Waals surface area (Å²) >= 11 is 0. The number of rotatable bonds is 7. The Morgan fingerprint density at radius 3 is 2.31 bits per heavy atom. The molecule has 2 heterocycles. The number of nitrogens with one attached hydrogen (secondary N) is 1. The standard InChI is InChI=1S/C20H32N4O2/c1-6-15(7-2)20(26)24-10-9-16(12-24)19-22-13(4)17(14(5)23-19)11-18(25)21-8-3/h15-16H,6-12H2,1-5H3,(H,21,25). The number of hydrogen-bond acceptors (Lipinski definition) is 4. The van der Waals surface area contributed by atoms with Crippen molar-refractivity contribution in [2.24, 2.45) is 5.92 Å². The molecule has 2 amide bonds. The van der Waals surface area contributed by atoms with Crippen molar-refractivity contribution < 1.29 is 9.59 Å². The van der Waals surface area contributed by atoms with Gasteiger partial charge >= 0.3 is 0 Å². The van der Waals surface area contributed by atoms with Crippen LogP contribution in [-0.2, 0) is 16.0 Å². The number of aromatic nitrogens is 2. The zero-order valence-electron chi connectivity index (χ0n) is 16.8. The first-order chi connectivity index (χ1) is 12.4. The summed E-state index contributed by atoms with van der Waals surface area (Å²) in [5.74, 6) is 1.37. The average molecular weight is 361 g/mol. The Morgan fingerprint density at radius 2 is 1.77 bits per heavy atom. The summed E-state index contributed by atoms with van der Waals surface area (Å²) in [6.45, 7) is 12.0. The van der Waals surface area contributed by atoms with Gasteiger partial charge in [0.1, 0.15) is 5.82 Å². The SMILES string of the molecule is CCNC(=O)Cc1c(C)nc(C2CCN(C(=O)C(CC)CC)C2)nc1C. The normalized spacial score (nSPS) is 17.0. The van der Waals surface area contributed by atoms with Crippen molar-refractivity contribution in [3.8, 4) is 0 Å². The number of carbonyl (C=O) groups excluding carboxylic acids is 2. The fourth-order valence-electron chi connectivity index (χ4n) is 3.69. The van der Waals surface area contributed by atoms with Gasteiger partial charge in [0.05, 0.1) is 6.42 Å². The third-order valence-electron chi connectivity index (χ3n) is 5.35. The van der Waals surface area contributed by atoms with Gasteiger partial charge in [0, 0.05) is 48.4 Å². The van der Waals surface area contributed by atoms with E-state index in [9.17, 15) is 9.59 Å². The third kappa shape index (κ3) is 4.59. The summed E-state index contributed by atoms with van der Waals surface area (Å²) in [4.78, 5) is 35.8. The van der Waals surface area contributed by atoms with Gasteiger partial charge < -0.3 is 10.2 Å². The molecule has 0 saturated carbocycles. The monoisotopic (exact) mass is 360 g/mol. The van der Waals surface area contributed by atoms with Crippen molar-refractivity contribution in [1.82, 2.24) is 20.2 Å². The summed E-state index contributed by atoms with van der Waals surface area (Å²) in [6, 6.07) is 0. The first-order valence-corrected chi connectivity index (χ1v) is 9.80. The predicted octanol–water partition coefficient (Wildman–Crippen LogP) is 2.52. The molecule has 1 saturated heterocycles. The van der Waals surface area contributed by atoms with Crippen LogP contribution in [0.2, 0.25) is 0 Å². The molecule has 0 spiro atoms. The molecule has 0 bridgehead atoms. The molecule has 2 rings (SSSR count). The number of likely N-dealkylation sites (tertiary alicyclic amines) is 1. The lowest BCUT2D eigenvalue weighted by molar-refractivity contribution is -0.134.